The molecule has 0 saturated heterocycles. The number of hydrogen-bond acceptors (Lipinski definition) is 4. The summed E-state index contributed by atoms with van der Waals surface area (Å²) in [5.74, 6) is -0.316. The van der Waals surface area contributed by atoms with E-state index in [1.165, 1.54) is 5.56 Å². The third-order valence-electron chi connectivity index (χ3n) is 5.42. The first kappa shape index (κ1) is 17.2. The van der Waals surface area contributed by atoms with Gasteiger partial charge in [0.1, 0.15) is 11.3 Å². The maximum absolute atomic E-state index is 12.7. The van der Waals surface area contributed by atoms with Crippen molar-refractivity contribution in [2.45, 2.75) is 31.6 Å². The summed E-state index contributed by atoms with van der Waals surface area (Å²) in [4.78, 5) is 45.0. The van der Waals surface area contributed by atoms with Crippen LogP contribution in [-0.2, 0) is 5.41 Å². The van der Waals surface area contributed by atoms with Gasteiger partial charge in [-0.05, 0) is 37.0 Å². The number of hydrogen-bond donors (Lipinski definition) is 3. The molecule has 2 aromatic heterocycles. The minimum absolute atomic E-state index is 0.0335. The topological polar surface area (TPSA) is 108 Å². The lowest BCUT2D eigenvalue weighted by atomic mass is 9.64. The predicted octanol–water partition coefficient (Wildman–Crippen LogP) is 1.77. The Labute approximate surface area is 154 Å². The molecule has 27 heavy (non-hydrogen) atoms. The fraction of sp³-hybridized carbons (Fsp3) is 0.300. The van der Waals surface area contributed by atoms with Crippen LogP contribution in [0.2, 0.25) is 0 Å². The van der Waals surface area contributed by atoms with Crippen LogP contribution < -0.4 is 16.6 Å². The number of amides is 1. The van der Waals surface area contributed by atoms with E-state index >= 15 is 0 Å². The van der Waals surface area contributed by atoms with Crippen LogP contribution in [0.5, 0.6) is 0 Å². The normalized spacial score (nSPS) is 15.3. The molecule has 1 aromatic carbocycles. The van der Waals surface area contributed by atoms with Crippen molar-refractivity contribution in [2.75, 3.05) is 6.54 Å². The molecule has 1 fully saturated rings. The summed E-state index contributed by atoms with van der Waals surface area (Å²) in [6, 6.07) is 11.8. The summed E-state index contributed by atoms with van der Waals surface area (Å²) in [5.41, 5.74) is 0.935. The minimum atomic E-state index is -0.644. The van der Waals surface area contributed by atoms with Gasteiger partial charge in [0.25, 0.3) is 11.5 Å². The summed E-state index contributed by atoms with van der Waals surface area (Å²) in [6.45, 7) is 2.24. The number of aromatic amines is 2. The van der Waals surface area contributed by atoms with Crippen LogP contribution in [0, 0.1) is 6.92 Å². The quantitative estimate of drug-likeness (QED) is 0.656. The van der Waals surface area contributed by atoms with Crippen molar-refractivity contribution >= 4 is 16.9 Å². The Bertz CT molecular complexity index is 1130. The van der Waals surface area contributed by atoms with Crippen LogP contribution in [0.3, 0.4) is 0 Å². The van der Waals surface area contributed by atoms with Gasteiger partial charge in [0, 0.05) is 12.0 Å². The lowest BCUT2D eigenvalue weighted by Crippen LogP contribution is -2.45. The summed E-state index contributed by atoms with van der Waals surface area (Å²) >= 11 is 0. The monoisotopic (exact) mass is 364 g/mol. The van der Waals surface area contributed by atoms with E-state index in [9.17, 15) is 14.4 Å². The fourth-order valence-electron chi connectivity index (χ4n) is 3.77. The Balaban J connectivity index is 1.60. The lowest BCUT2D eigenvalue weighted by Gasteiger charge is -2.42. The van der Waals surface area contributed by atoms with Crippen LogP contribution in [0.25, 0.3) is 11.0 Å². The Hall–Kier alpha value is -3.22. The molecule has 3 aromatic rings. The number of benzene rings is 1. The highest BCUT2D eigenvalue weighted by Gasteiger charge is 2.38. The molecule has 0 unspecified atom stereocenters. The van der Waals surface area contributed by atoms with Crippen molar-refractivity contribution in [1.82, 2.24) is 20.3 Å². The summed E-state index contributed by atoms with van der Waals surface area (Å²) in [6.07, 6.45) is 3.20. The van der Waals surface area contributed by atoms with Crippen LogP contribution in [-0.4, -0.2) is 27.4 Å². The molecular weight excluding hydrogens is 344 g/mol. The average Bonchev–Trinajstić information content (AvgIpc) is 2.60. The third kappa shape index (κ3) is 3.05. The van der Waals surface area contributed by atoms with E-state index in [-0.39, 0.29) is 28.0 Å². The Morgan fingerprint density at radius 3 is 2.59 bits per heavy atom. The summed E-state index contributed by atoms with van der Waals surface area (Å²) in [7, 11) is 0. The highest BCUT2D eigenvalue weighted by Crippen LogP contribution is 2.43. The number of pyridine rings is 1. The van der Waals surface area contributed by atoms with E-state index in [0.29, 0.717) is 12.1 Å². The number of nitrogens with one attached hydrogen (secondary N) is 3. The molecule has 0 aliphatic heterocycles. The van der Waals surface area contributed by atoms with Crippen molar-refractivity contribution in [2.24, 2.45) is 0 Å². The lowest BCUT2D eigenvalue weighted by molar-refractivity contribution is 0.0923. The van der Waals surface area contributed by atoms with Crippen LogP contribution in [0.4, 0.5) is 0 Å². The van der Waals surface area contributed by atoms with Gasteiger partial charge in [-0.1, -0.05) is 36.8 Å². The van der Waals surface area contributed by atoms with Gasteiger partial charge in [-0.15, -0.1) is 0 Å². The van der Waals surface area contributed by atoms with Crippen molar-refractivity contribution < 1.29 is 4.79 Å². The molecule has 1 aliphatic carbocycles. The van der Waals surface area contributed by atoms with Gasteiger partial charge in [-0.3, -0.25) is 19.6 Å². The number of aromatic nitrogens is 3. The molecule has 2 heterocycles. The zero-order chi connectivity index (χ0) is 19.0. The second kappa shape index (κ2) is 6.50. The second-order valence-electron chi connectivity index (χ2n) is 7.14. The smallest absolute Gasteiger partial charge is 0.327 e. The zero-order valence-electron chi connectivity index (χ0n) is 15.0. The molecule has 7 heteroatoms. The van der Waals surface area contributed by atoms with Crippen molar-refractivity contribution in [1.29, 1.82) is 0 Å². The van der Waals surface area contributed by atoms with Gasteiger partial charge in [0.05, 0.1) is 5.39 Å². The van der Waals surface area contributed by atoms with E-state index in [1.54, 1.807) is 13.0 Å². The largest absolute Gasteiger partial charge is 0.350 e. The second-order valence-corrected chi connectivity index (χ2v) is 7.14. The Morgan fingerprint density at radius 2 is 1.93 bits per heavy atom. The molecule has 1 saturated carbocycles. The van der Waals surface area contributed by atoms with Crippen LogP contribution >= 0.6 is 0 Å². The summed E-state index contributed by atoms with van der Waals surface area (Å²) < 4.78 is 0. The SMILES string of the molecule is Cc1cc(C(=O)NCC2(c3ccccc3)CCC2)nc2[nH]c(=O)[nH]c(=O)c12. The third-order valence-corrected chi connectivity index (χ3v) is 5.42. The molecular formula is C20H20N4O3. The number of H-pyrrole nitrogens is 2. The number of nitrogens with zero attached hydrogens (tertiary/aromatic N) is 1. The van der Waals surface area contributed by atoms with Crippen LogP contribution in [0.15, 0.2) is 46.0 Å². The van der Waals surface area contributed by atoms with E-state index in [0.717, 1.165) is 19.3 Å². The first-order valence-electron chi connectivity index (χ1n) is 8.96. The van der Waals surface area contributed by atoms with Gasteiger partial charge >= 0.3 is 5.69 Å². The summed E-state index contributed by atoms with van der Waals surface area (Å²) in [5, 5.41) is 3.27. The van der Waals surface area contributed by atoms with E-state index in [4.69, 9.17) is 0 Å². The van der Waals surface area contributed by atoms with Crippen molar-refractivity contribution in [3.8, 4) is 0 Å². The molecule has 3 N–H and O–H groups in total. The highest BCUT2D eigenvalue weighted by atomic mass is 16.2. The number of carbonyl (C=O) groups is 1. The molecule has 0 atom stereocenters. The molecule has 0 bridgehead atoms. The van der Waals surface area contributed by atoms with Crippen LogP contribution in [0.1, 0.15) is 40.9 Å². The van der Waals surface area contributed by atoms with E-state index in [1.807, 2.05) is 18.2 Å². The maximum Gasteiger partial charge on any atom is 0.327 e. The fourth-order valence-corrected chi connectivity index (χ4v) is 3.77. The van der Waals surface area contributed by atoms with E-state index < -0.39 is 11.2 Å². The van der Waals surface area contributed by atoms with Gasteiger partial charge in [-0.2, -0.15) is 0 Å². The minimum Gasteiger partial charge on any atom is -0.350 e. The Kier molecular flexibility index (Phi) is 4.14. The number of carbonyl (C=O) groups excluding carboxylic acids is 1. The number of aryl methyl sites for hydroxylation is 1. The average molecular weight is 364 g/mol. The van der Waals surface area contributed by atoms with Gasteiger partial charge in [0.15, 0.2) is 0 Å². The zero-order valence-corrected chi connectivity index (χ0v) is 15.0. The van der Waals surface area contributed by atoms with Crippen molar-refractivity contribution in [3.63, 3.8) is 0 Å². The standard InChI is InChI=1S/C20H20N4O3/c1-12-10-14(22-16-15(12)18(26)24-19(27)23-16)17(25)21-11-20(8-5-9-20)13-6-3-2-4-7-13/h2-4,6-7,10H,5,8-9,11H2,1H3,(H,21,25)(H2,22,23,24,26,27). The van der Waals surface area contributed by atoms with E-state index in [2.05, 4.69) is 32.4 Å². The molecule has 7 nitrogen and oxygen atoms in total. The van der Waals surface area contributed by atoms with Gasteiger partial charge in [-0.25, -0.2) is 9.78 Å². The maximum atomic E-state index is 12.7. The number of fused-ring (bicyclic) bond motifs is 1. The first-order valence-corrected chi connectivity index (χ1v) is 8.96. The predicted molar refractivity (Wildman–Crippen MR) is 102 cm³/mol. The van der Waals surface area contributed by atoms with Gasteiger partial charge < -0.3 is 5.32 Å². The molecule has 1 aliphatic rings. The molecule has 4 rings (SSSR count). The highest BCUT2D eigenvalue weighted by molar-refractivity contribution is 5.95. The first-order chi connectivity index (χ1) is 13.0. The van der Waals surface area contributed by atoms with Crippen molar-refractivity contribution in [3.05, 3.63) is 74.1 Å². The number of rotatable bonds is 4. The van der Waals surface area contributed by atoms with Gasteiger partial charge in [0.2, 0.25) is 0 Å². The molecule has 0 spiro atoms. The molecule has 0 radical (unpaired) electrons. The Morgan fingerprint density at radius 1 is 1.19 bits per heavy atom. The molecule has 138 valence electrons. The molecule has 1 amide bonds.